The van der Waals surface area contributed by atoms with E-state index in [1.54, 1.807) is 30.2 Å². The van der Waals surface area contributed by atoms with Crippen LogP contribution >= 0.6 is 0 Å². The average Bonchev–Trinajstić information content (AvgIpc) is 2.76. The summed E-state index contributed by atoms with van der Waals surface area (Å²) in [6.45, 7) is 0.360. The largest absolute Gasteiger partial charge is 0.416 e. The Hall–Kier alpha value is -1.98. The molecule has 1 aromatic carbocycles. The van der Waals surface area contributed by atoms with Gasteiger partial charge in [0.05, 0.1) is 11.9 Å². The fraction of sp³-hybridized carbons (Fsp3) is 0.250. The fourth-order valence-corrected chi connectivity index (χ4v) is 1.63. The van der Waals surface area contributed by atoms with Crippen LogP contribution < -0.4 is 5.32 Å². The molecule has 2 rings (SSSR count). The lowest BCUT2D eigenvalue weighted by molar-refractivity contribution is -0.137. The van der Waals surface area contributed by atoms with Gasteiger partial charge in [0.2, 0.25) is 0 Å². The number of nitrogens with zero attached hydrogens (tertiary/aromatic N) is 2. The van der Waals surface area contributed by atoms with Gasteiger partial charge in [-0.15, -0.1) is 0 Å². The van der Waals surface area contributed by atoms with Crippen molar-refractivity contribution < 1.29 is 13.2 Å². The second kappa shape index (κ2) is 4.72. The van der Waals surface area contributed by atoms with E-state index in [1.165, 1.54) is 6.07 Å². The van der Waals surface area contributed by atoms with Gasteiger partial charge in [-0.25, -0.2) is 4.98 Å². The first-order valence-electron chi connectivity index (χ1n) is 5.34. The third-order valence-electron chi connectivity index (χ3n) is 2.51. The van der Waals surface area contributed by atoms with E-state index < -0.39 is 11.7 Å². The van der Waals surface area contributed by atoms with Gasteiger partial charge in [0.1, 0.15) is 5.82 Å². The number of benzene rings is 1. The topological polar surface area (TPSA) is 29.9 Å². The number of halogens is 3. The molecule has 2 aromatic rings. The zero-order chi connectivity index (χ0) is 13.2. The minimum Gasteiger partial charge on any atom is -0.372 e. The lowest BCUT2D eigenvalue weighted by Gasteiger charge is -2.08. The first-order chi connectivity index (χ1) is 8.49. The minimum atomic E-state index is -4.30. The predicted octanol–water partition coefficient (Wildman–Crippen LogP) is 2.99. The Kier molecular flexibility index (Phi) is 3.27. The smallest absolute Gasteiger partial charge is 0.372 e. The van der Waals surface area contributed by atoms with Gasteiger partial charge in [0.25, 0.3) is 0 Å². The first-order valence-corrected chi connectivity index (χ1v) is 5.34. The summed E-state index contributed by atoms with van der Waals surface area (Å²) in [4.78, 5) is 4.03. The number of aromatic nitrogens is 2. The van der Waals surface area contributed by atoms with Gasteiger partial charge < -0.3 is 9.88 Å². The molecule has 0 bridgehead atoms. The van der Waals surface area contributed by atoms with Gasteiger partial charge in [-0.05, 0) is 17.7 Å². The van der Waals surface area contributed by atoms with E-state index in [9.17, 15) is 13.2 Å². The summed E-state index contributed by atoms with van der Waals surface area (Å²) in [6.07, 6.45) is -0.993. The van der Waals surface area contributed by atoms with Crippen LogP contribution in [0.4, 0.5) is 19.0 Å². The number of hydrogen-bond acceptors (Lipinski definition) is 2. The van der Waals surface area contributed by atoms with Crippen LogP contribution in [0.25, 0.3) is 0 Å². The lowest BCUT2D eigenvalue weighted by atomic mass is 10.1. The summed E-state index contributed by atoms with van der Waals surface area (Å²) in [5, 5.41) is 2.86. The predicted molar refractivity (Wildman–Crippen MR) is 62.3 cm³/mol. The van der Waals surface area contributed by atoms with Crippen molar-refractivity contribution in [3.63, 3.8) is 0 Å². The highest BCUT2D eigenvalue weighted by molar-refractivity contribution is 5.31. The molecule has 0 aliphatic rings. The molecule has 0 aliphatic heterocycles. The molecular weight excluding hydrogens is 243 g/mol. The molecule has 0 saturated heterocycles. The van der Waals surface area contributed by atoms with Crippen molar-refractivity contribution in [2.24, 2.45) is 0 Å². The molecule has 6 heteroatoms. The zero-order valence-corrected chi connectivity index (χ0v) is 9.70. The Morgan fingerprint density at radius 2 is 2.11 bits per heavy atom. The molecule has 0 amide bonds. The number of alkyl halides is 3. The summed E-state index contributed by atoms with van der Waals surface area (Å²) >= 11 is 0. The highest BCUT2D eigenvalue weighted by Gasteiger charge is 2.30. The standard InChI is InChI=1S/C12H12F3N3/c1-16-11-7-18(8-17-11)6-9-3-2-4-10(5-9)12(13,14)15/h2-5,7-8,16H,6H2,1H3. The van der Waals surface area contributed by atoms with Gasteiger partial charge in [-0.2, -0.15) is 13.2 Å². The van der Waals surface area contributed by atoms with E-state index >= 15 is 0 Å². The highest BCUT2D eigenvalue weighted by Crippen LogP contribution is 2.29. The maximum absolute atomic E-state index is 12.5. The van der Waals surface area contributed by atoms with Crippen molar-refractivity contribution in [2.45, 2.75) is 12.7 Å². The molecule has 18 heavy (non-hydrogen) atoms. The van der Waals surface area contributed by atoms with Crippen molar-refractivity contribution in [1.82, 2.24) is 9.55 Å². The van der Waals surface area contributed by atoms with E-state index in [0.717, 1.165) is 12.1 Å². The Morgan fingerprint density at radius 1 is 1.33 bits per heavy atom. The van der Waals surface area contributed by atoms with Crippen molar-refractivity contribution in [3.8, 4) is 0 Å². The molecule has 1 N–H and O–H groups in total. The molecule has 0 unspecified atom stereocenters. The number of nitrogens with one attached hydrogen (secondary N) is 1. The highest BCUT2D eigenvalue weighted by atomic mass is 19.4. The molecule has 0 atom stereocenters. The van der Waals surface area contributed by atoms with Crippen molar-refractivity contribution in [2.75, 3.05) is 12.4 Å². The first kappa shape index (κ1) is 12.5. The van der Waals surface area contributed by atoms with Crippen LogP contribution in [0, 0.1) is 0 Å². The van der Waals surface area contributed by atoms with Crippen molar-refractivity contribution >= 4 is 5.82 Å². The van der Waals surface area contributed by atoms with Gasteiger partial charge in [0, 0.05) is 19.8 Å². The minimum absolute atomic E-state index is 0.360. The summed E-state index contributed by atoms with van der Waals surface area (Å²) in [7, 11) is 1.73. The maximum atomic E-state index is 12.5. The van der Waals surface area contributed by atoms with E-state index in [1.807, 2.05) is 0 Å². The molecule has 1 heterocycles. The van der Waals surface area contributed by atoms with Gasteiger partial charge in [0.15, 0.2) is 0 Å². The Bertz CT molecular complexity index is 531. The van der Waals surface area contributed by atoms with Crippen LogP contribution in [0.3, 0.4) is 0 Å². The zero-order valence-electron chi connectivity index (χ0n) is 9.70. The molecule has 0 radical (unpaired) electrons. The van der Waals surface area contributed by atoms with Gasteiger partial charge in [-0.3, -0.25) is 0 Å². The van der Waals surface area contributed by atoms with E-state index in [2.05, 4.69) is 10.3 Å². The molecule has 96 valence electrons. The van der Waals surface area contributed by atoms with Crippen LogP contribution in [0.2, 0.25) is 0 Å². The van der Waals surface area contributed by atoms with Crippen molar-refractivity contribution in [3.05, 3.63) is 47.9 Å². The lowest BCUT2D eigenvalue weighted by Crippen LogP contribution is -2.06. The van der Waals surface area contributed by atoms with Crippen LogP contribution in [0.1, 0.15) is 11.1 Å². The maximum Gasteiger partial charge on any atom is 0.416 e. The number of hydrogen-bond donors (Lipinski definition) is 1. The quantitative estimate of drug-likeness (QED) is 0.913. The summed E-state index contributed by atoms with van der Waals surface area (Å²) < 4.78 is 39.3. The Labute approximate surface area is 102 Å². The third-order valence-corrected chi connectivity index (χ3v) is 2.51. The van der Waals surface area contributed by atoms with Gasteiger partial charge >= 0.3 is 6.18 Å². The molecule has 0 aliphatic carbocycles. The van der Waals surface area contributed by atoms with Crippen LogP contribution in [0.5, 0.6) is 0 Å². The average molecular weight is 255 g/mol. The van der Waals surface area contributed by atoms with E-state index in [0.29, 0.717) is 17.9 Å². The fourth-order valence-electron chi connectivity index (χ4n) is 1.63. The van der Waals surface area contributed by atoms with Crippen LogP contribution in [-0.4, -0.2) is 16.6 Å². The number of imidazole rings is 1. The number of rotatable bonds is 3. The molecule has 0 fully saturated rings. The van der Waals surface area contributed by atoms with Crippen molar-refractivity contribution in [1.29, 1.82) is 0 Å². The second-order valence-corrected chi connectivity index (χ2v) is 3.88. The second-order valence-electron chi connectivity index (χ2n) is 3.88. The molecule has 1 aromatic heterocycles. The summed E-state index contributed by atoms with van der Waals surface area (Å²) in [5.74, 6) is 0.682. The van der Waals surface area contributed by atoms with E-state index in [4.69, 9.17) is 0 Å². The van der Waals surface area contributed by atoms with Crippen LogP contribution in [-0.2, 0) is 12.7 Å². The third kappa shape index (κ3) is 2.82. The molecule has 3 nitrogen and oxygen atoms in total. The van der Waals surface area contributed by atoms with Crippen LogP contribution in [0.15, 0.2) is 36.8 Å². The number of anilines is 1. The Morgan fingerprint density at radius 3 is 2.72 bits per heavy atom. The monoisotopic (exact) mass is 255 g/mol. The SMILES string of the molecule is CNc1cn(Cc2cccc(C(F)(F)F)c2)cn1. The summed E-state index contributed by atoms with van der Waals surface area (Å²) in [5.41, 5.74) is -0.0427. The normalized spacial score (nSPS) is 11.6. The molecule has 0 spiro atoms. The Balaban J connectivity index is 2.19. The molecule has 0 saturated carbocycles. The van der Waals surface area contributed by atoms with E-state index in [-0.39, 0.29) is 0 Å². The van der Waals surface area contributed by atoms with Gasteiger partial charge in [-0.1, -0.05) is 12.1 Å². The molecular formula is C12H12F3N3. The summed E-state index contributed by atoms with van der Waals surface area (Å²) in [6, 6.07) is 5.29.